The van der Waals surface area contributed by atoms with E-state index in [-0.39, 0.29) is 5.97 Å². The number of fused-ring (bicyclic) bond motifs is 1. The molecule has 2 rings (SSSR count). The summed E-state index contributed by atoms with van der Waals surface area (Å²) in [5, 5.41) is 0. The lowest BCUT2D eigenvalue weighted by Gasteiger charge is -2.24. The number of rotatable bonds is 3. The van der Waals surface area contributed by atoms with Gasteiger partial charge in [0.15, 0.2) is 0 Å². The van der Waals surface area contributed by atoms with Crippen molar-refractivity contribution >= 4 is 12.0 Å². The molecule has 3 nitrogen and oxygen atoms in total. The van der Waals surface area contributed by atoms with Crippen LogP contribution in [0.25, 0.3) is 6.08 Å². The van der Waals surface area contributed by atoms with E-state index in [0.717, 1.165) is 6.54 Å². The van der Waals surface area contributed by atoms with Crippen LogP contribution in [-0.4, -0.2) is 24.0 Å². The van der Waals surface area contributed by atoms with Gasteiger partial charge in [-0.05, 0) is 24.1 Å². The van der Waals surface area contributed by atoms with Gasteiger partial charge in [-0.3, -0.25) is 4.79 Å². The third-order valence-corrected chi connectivity index (χ3v) is 2.53. The Balaban J connectivity index is 2.01. The molecular formula is C13H15NO2. The first kappa shape index (κ1) is 10.7. The Morgan fingerprint density at radius 2 is 2.25 bits per heavy atom. The fraction of sp³-hybridized carbons (Fsp3) is 0.308. The Hall–Kier alpha value is -1.77. The van der Waals surface area contributed by atoms with Crippen molar-refractivity contribution in [2.24, 2.45) is 0 Å². The minimum atomic E-state index is -0.175. The smallest absolute Gasteiger partial charge is 0.325 e. The summed E-state index contributed by atoms with van der Waals surface area (Å²) in [6.07, 6.45) is 3.97. The first-order chi connectivity index (χ1) is 7.79. The molecule has 0 saturated heterocycles. The molecule has 0 spiro atoms. The van der Waals surface area contributed by atoms with Crippen molar-refractivity contribution in [1.82, 2.24) is 4.90 Å². The molecule has 0 saturated carbocycles. The summed E-state index contributed by atoms with van der Waals surface area (Å²) in [6.45, 7) is 3.34. The van der Waals surface area contributed by atoms with Crippen LogP contribution >= 0.6 is 0 Å². The summed E-state index contributed by atoms with van der Waals surface area (Å²) < 4.78 is 4.92. The van der Waals surface area contributed by atoms with Gasteiger partial charge in [-0.2, -0.15) is 0 Å². The lowest BCUT2D eigenvalue weighted by atomic mass is 10.0. The topological polar surface area (TPSA) is 29.5 Å². The molecule has 1 aliphatic rings. The third kappa shape index (κ3) is 2.42. The standard InChI is InChI=1S/C13H15NO2/c1-2-16-13(15)10-14-8-7-11-5-3-4-6-12(11)9-14/h3-8H,2,9-10H2,1H3. The molecule has 0 bridgehead atoms. The monoisotopic (exact) mass is 217 g/mol. The van der Waals surface area contributed by atoms with Crippen LogP contribution in [0, 0.1) is 0 Å². The fourth-order valence-electron chi connectivity index (χ4n) is 1.78. The maximum atomic E-state index is 11.3. The number of hydrogen-bond donors (Lipinski definition) is 0. The van der Waals surface area contributed by atoms with Crippen molar-refractivity contribution in [2.45, 2.75) is 13.5 Å². The molecule has 0 unspecified atom stereocenters. The van der Waals surface area contributed by atoms with Gasteiger partial charge in [-0.25, -0.2) is 0 Å². The van der Waals surface area contributed by atoms with Gasteiger partial charge < -0.3 is 9.64 Å². The zero-order valence-corrected chi connectivity index (χ0v) is 9.35. The highest BCUT2D eigenvalue weighted by atomic mass is 16.5. The molecule has 1 aromatic carbocycles. The molecule has 0 fully saturated rings. The van der Waals surface area contributed by atoms with Gasteiger partial charge >= 0.3 is 5.97 Å². The number of benzene rings is 1. The zero-order chi connectivity index (χ0) is 11.4. The van der Waals surface area contributed by atoms with Crippen LogP contribution in [0.3, 0.4) is 0 Å². The van der Waals surface area contributed by atoms with Crippen molar-refractivity contribution in [3.63, 3.8) is 0 Å². The summed E-state index contributed by atoms with van der Waals surface area (Å²) in [4.78, 5) is 13.3. The quantitative estimate of drug-likeness (QED) is 0.726. The fourth-order valence-corrected chi connectivity index (χ4v) is 1.78. The summed E-state index contributed by atoms with van der Waals surface area (Å²) >= 11 is 0. The first-order valence-corrected chi connectivity index (χ1v) is 5.45. The van der Waals surface area contributed by atoms with Crippen molar-refractivity contribution < 1.29 is 9.53 Å². The first-order valence-electron chi connectivity index (χ1n) is 5.45. The predicted molar refractivity (Wildman–Crippen MR) is 62.5 cm³/mol. The van der Waals surface area contributed by atoms with Gasteiger partial charge in [0.2, 0.25) is 0 Å². The molecular weight excluding hydrogens is 202 g/mol. The van der Waals surface area contributed by atoms with Crippen LogP contribution in [0.15, 0.2) is 30.5 Å². The van der Waals surface area contributed by atoms with Crippen LogP contribution in [0.4, 0.5) is 0 Å². The maximum Gasteiger partial charge on any atom is 0.325 e. The van der Waals surface area contributed by atoms with E-state index in [4.69, 9.17) is 4.74 Å². The Labute approximate surface area is 95.3 Å². The molecule has 1 aliphatic heterocycles. The second-order valence-corrected chi connectivity index (χ2v) is 3.72. The normalized spacial score (nSPS) is 13.4. The van der Waals surface area contributed by atoms with Gasteiger partial charge in [-0.1, -0.05) is 24.3 Å². The summed E-state index contributed by atoms with van der Waals surface area (Å²) in [5.41, 5.74) is 2.47. The molecule has 3 heteroatoms. The Kier molecular flexibility index (Phi) is 3.25. The highest BCUT2D eigenvalue weighted by molar-refractivity contribution is 5.72. The molecule has 16 heavy (non-hydrogen) atoms. The molecule has 1 aromatic rings. The Bertz CT molecular complexity index is 412. The number of esters is 1. The molecule has 1 heterocycles. The van der Waals surface area contributed by atoms with E-state index in [2.05, 4.69) is 12.1 Å². The van der Waals surface area contributed by atoms with Crippen LogP contribution in [-0.2, 0) is 16.1 Å². The Morgan fingerprint density at radius 3 is 3.06 bits per heavy atom. The van der Waals surface area contributed by atoms with Crippen LogP contribution < -0.4 is 0 Å². The molecule has 0 amide bonds. The SMILES string of the molecule is CCOC(=O)CN1C=Cc2ccccc2C1. The van der Waals surface area contributed by atoms with E-state index < -0.39 is 0 Å². The zero-order valence-electron chi connectivity index (χ0n) is 9.35. The van der Waals surface area contributed by atoms with Crippen molar-refractivity contribution in [2.75, 3.05) is 13.2 Å². The van der Waals surface area contributed by atoms with E-state index in [9.17, 15) is 4.79 Å². The Morgan fingerprint density at radius 1 is 1.44 bits per heavy atom. The lowest BCUT2D eigenvalue weighted by Crippen LogP contribution is -2.27. The van der Waals surface area contributed by atoms with E-state index in [1.807, 2.05) is 36.2 Å². The van der Waals surface area contributed by atoms with Crippen molar-refractivity contribution in [3.8, 4) is 0 Å². The second kappa shape index (κ2) is 4.84. The molecule has 0 aromatic heterocycles. The van der Waals surface area contributed by atoms with Crippen molar-refractivity contribution in [1.29, 1.82) is 0 Å². The maximum absolute atomic E-state index is 11.3. The molecule has 0 aliphatic carbocycles. The number of ether oxygens (including phenoxy) is 1. The van der Waals surface area contributed by atoms with Crippen molar-refractivity contribution in [3.05, 3.63) is 41.6 Å². The van der Waals surface area contributed by atoms with E-state index >= 15 is 0 Å². The van der Waals surface area contributed by atoms with E-state index in [1.54, 1.807) is 0 Å². The van der Waals surface area contributed by atoms with E-state index in [0.29, 0.717) is 13.2 Å². The molecule has 0 atom stereocenters. The van der Waals surface area contributed by atoms with Gasteiger partial charge in [-0.15, -0.1) is 0 Å². The van der Waals surface area contributed by atoms with Crippen LogP contribution in [0.5, 0.6) is 0 Å². The van der Waals surface area contributed by atoms with Gasteiger partial charge in [0.05, 0.1) is 6.61 Å². The number of carbonyl (C=O) groups is 1. The average Bonchev–Trinajstić information content (AvgIpc) is 2.29. The largest absolute Gasteiger partial charge is 0.465 e. The average molecular weight is 217 g/mol. The molecule has 84 valence electrons. The summed E-state index contributed by atoms with van der Waals surface area (Å²) in [5.74, 6) is -0.175. The molecule has 0 N–H and O–H groups in total. The van der Waals surface area contributed by atoms with Gasteiger partial charge in [0.25, 0.3) is 0 Å². The highest BCUT2D eigenvalue weighted by Gasteiger charge is 2.13. The van der Waals surface area contributed by atoms with Gasteiger partial charge in [0, 0.05) is 12.7 Å². The van der Waals surface area contributed by atoms with Gasteiger partial charge in [0.1, 0.15) is 6.54 Å². The highest BCUT2D eigenvalue weighted by Crippen LogP contribution is 2.18. The predicted octanol–water partition coefficient (Wildman–Crippen LogP) is 2.04. The number of hydrogen-bond acceptors (Lipinski definition) is 3. The number of nitrogens with zero attached hydrogens (tertiary/aromatic N) is 1. The number of carbonyl (C=O) groups excluding carboxylic acids is 1. The summed E-state index contributed by atoms with van der Waals surface area (Å²) in [7, 11) is 0. The minimum absolute atomic E-state index is 0.175. The van der Waals surface area contributed by atoms with Crippen LogP contribution in [0.2, 0.25) is 0 Å². The minimum Gasteiger partial charge on any atom is -0.465 e. The molecule has 0 radical (unpaired) electrons. The third-order valence-electron chi connectivity index (χ3n) is 2.53. The summed E-state index contributed by atoms with van der Waals surface area (Å²) in [6, 6.07) is 8.19. The second-order valence-electron chi connectivity index (χ2n) is 3.72. The lowest BCUT2D eigenvalue weighted by molar-refractivity contribution is -0.143. The van der Waals surface area contributed by atoms with E-state index in [1.165, 1.54) is 11.1 Å². The van der Waals surface area contributed by atoms with Crippen LogP contribution in [0.1, 0.15) is 18.1 Å².